The number of amides is 1. The number of rotatable bonds is 4. The Labute approximate surface area is 135 Å². The Balaban J connectivity index is 1.69. The zero-order chi connectivity index (χ0) is 15.5. The minimum atomic E-state index is -0.394. The lowest BCUT2D eigenvalue weighted by Gasteiger charge is -2.09. The van der Waals surface area contributed by atoms with Gasteiger partial charge < -0.3 is 10.5 Å². The first-order chi connectivity index (χ1) is 10.6. The first kappa shape index (κ1) is 14.8. The molecule has 5 nitrogen and oxygen atoms in total. The molecule has 1 amide bonds. The molecule has 3 rings (SSSR count). The van der Waals surface area contributed by atoms with Crippen molar-refractivity contribution in [3.05, 3.63) is 53.9 Å². The number of thioether (sulfide) groups is 1. The molecule has 0 aliphatic carbocycles. The van der Waals surface area contributed by atoms with Crippen molar-refractivity contribution in [3.8, 4) is 0 Å². The van der Waals surface area contributed by atoms with Crippen molar-refractivity contribution >= 4 is 44.4 Å². The van der Waals surface area contributed by atoms with Gasteiger partial charge in [-0.1, -0.05) is 23.5 Å². The number of pyridine rings is 1. The Bertz CT molecular complexity index is 786. The van der Waals surface area contributed by atoms with Crippen LogP contribution in [-0.2, 0) is 4.79 Å². The van der Waals surface area contributed by atoms with E-state index in [0.29, 0.717) is 10.2 Å². The molecule has 0 fully saturated rings. The van der Waals surface area contributed by atoms with Crippen molar-refractivity contribution in [2.75, 3.05) is 5.32 Å². The van der Waals surface area contributed by atoms with Gasteiger partial charge in [0.15, 0.2) is 11.3 Å². The largest absolute Gasteiger partial charge is 0.618 e. The Morgan fingerprint density at radius 1 is 1.32 bits per heavy atom. The van der Waals surface area contributed by atoms with Gasteiger partial charge in [-0.25, -0.2) is 4.98 Å². The molecule has 0 saturated heterocycles. The predicted molar refractivity (Wildman–Crippen MR) is 89.0 cm³/mol. The van der Waals surface area contributed by atoms with E-state index in [1.165, 1.54) is 29.3 Å². The molecule has 2 heterocycles. The Morgan fingerprint density at radius 3 is 2.86 bits per heavy atom. The molecular weight excluding hydrogens is 318 g/mol. The summed E-state index contributed by atoms with van der Waals surface area (Å²) in [5, 5.41) is 15.1. The van der Waals surface area contributed by atoms with E-state index in [1.54, 1.807) is 25.1 Å². The van der Waals surface area contributed by atoms with Gasteiger partial charge in [0.1, 0.15) is 0 Å². The van der Waals surface area contributed by atoms with Crippen LogP contribution in [0.25, 0.3) is 10.2 Å². The SMILES string of the molecule is C[C@H](Sc1cccc[n+]1[O-])C(=O)Nc1nc2ccccc2s1. The molecule has 1 N–H and O–H groups in total. The van der Waals surface area contributed by atoms with E-state index >= 15 is 0 Å². The van der Waals surface area contributed by atoms with Crippen molar-refractivity contribution in [2.24, 2.45) is 0 Å². The second-order valence-electron chi connectivity index (χ2n) is 4.60. The highest BCUT2D eigenvalue weighted by molar-refractivity contribution is 8.00. The van der Waals surface area contributed by atoms with Gasteiger partial charge in [-0.15, -0.1) is 0 Å². The topological polar surface area (TPSA) is 68.9 Å². The number of hydrogen-bond acceptors (Lipinski definition) is 5. The van der Waals surface area contributed by atoms with Crippen LogP contribution < -0.4 is 10.0 Å². The number of nitrogens with zero attached hydrogens (tertiary/aromatic N) is 2. The molecule has 112 valence electrons. The summed E-state index contributed by atoms with van der Waals surface area (Å²) in [6.45, 7) is 1.76. The Hall–Kier alpha value is -2.12. The standard InChI is InChI=1S/C15H13N3O2S2/c1-10(21-13-8-4-5-9-18(13)20)14(19)17-15-16-11-6-2-3-7-12(11)22-15/h2-10H,1H3,(H,16,17,19)/t10-/m0/s1. The van der Waals surface area contributed by atoms with Gasteiger partial charge in [-0.3, -0.25) is 4.79 Å². The van der Waals surface area contributed by atoms with E-state index < -0.39 is 5.25 Å². The molecule has 22 heavy (non-hydrogen) atoms. The molecule has 0 aliphatic heterocycles. The molecule has 0 bridgehead atoms. The van der Waals surface area contributed by atoms with E-state index in [2.05, 4.69) is 10.3 Å². The van der Waals surface area contributed by atoms with Crippen LogP contribution in [0, 0.1) is 5.21 Å². The number of benzene rings is 1. The molecule has 2 aromatic heterocycles. The van der Waals surface area contributed by atoms with Crippen LogP contribution in [0.4, 0.5) is 5.13 Å². The number of thiazole rings is 1. The van der Waals surface area contributed by atoms with Crippen LogP contribution in [0.1, 0.15) is 6.92 Å². The minimum Gasteiger partial charge on any atom is -0.618 e. The van der Waals surface area contributed by atoms with Gasteiger partial charge in [0.05, 0.1) is 15.5 Å². The first-order valence-corrected chi connectivity index (χ1v) is 8.34. The molecule has 0 radical (unpaired) electrons. The third-order valence-corrected chi connectivity index (χ3v) is 5.06. The number of fused-ring (bicyclic) bond motifs is 1. The summed E-state index contributed by atoms with van der Waals surface area (Å²) in [6.07, 6.45) is 1.42. The van der Waals surface area contributed by atoms with Crippen molar-refractivity contribution in [1.82, 2.24) is 4.98 Å². The normalized spacial score (nSPS) is 12.2. The van der Waals surface area contributed by atoms with Crippen LogP contribution in [0.2, 0.25) is 0 Å². The van der Waals surface area contributed by atoms with Crippen molar-refractivity contribution in [1.29, 1.82) is 0 Å². The highest BCUT2D eigenvalue weighted by Crippen LogP contribution is 2.27. The molecular formula is C15H13N3O2S2. The second-order valence-corrected chi connectivity index (χ2v) is 6.99. The zero-order valence-corrected chi connectivity index (χ0v) is 13.4. The highest BCUT2D eigenvalue weighted by atomic mass is 32.2. The number of carbonyl (C=O) groups excluding carboxylic acids is 1. The zero-order valence-electron chi connectivity index (χ0n) is 11.7. The van der Waals surface area contributed by atoms with Gasteiger partial charge in [0.25, 0.3) is 5.03 Å². The molecule has 1 atom stereocenters. The minimum absolute atomic E-state index is 0.173. The first-order valence-electron chi connectivity index (χ1n) is 6.65. The Kier molecular flexibility index (Phi) is 4.26. The fraction of sp³-hybridized carbons (Fsp3) is 0.133. The average Bonchev–Trinajstić information content (AvgIpc) is 2.91. The summed E-state index contributed by atoms with van der Waals surface area (Å²) in [5.41, 5.74) is 0.864. The van der Waals surface area contributed by atoms with Crippen molar-refractivity contribution in [2.45, 2.75) is 17.2 Å². The van der Waals surface area contributed by atoms with Crippen LogP contribution >= 0.6 is 23.1 Å². The number of para-hydroxylation sites is 1. The number of aromatic nitrogens is 2. The number of hydrogen-bond donors (Lipinski definition) is 1. The maximum absolute atomic E-state index is 12.2. The molecule has 3 aromatic rings. The summed E-state index contributed by atoms with van der Waals surface area (Å²) in [6, 6.07) is 12.8. The summed E-state index contributed by atoms with van der Waals surface area (Å²) < 4.78 is 1.78. The average molecular weight is 331 g/mol. The molecule has 0 spiro atoms. The van der Waals surface area contributed by atoms with Crippen LogP contribution in [0.3, 0.4) is 0 Å². The predicted octanol–water partition coefficient (Wildman–Crippen LogP) is 3.05. The lowest BCUT2D eigenvalue weighted by Crippen LogP contribution is -2.30. The van der Waals surface area contributed by atoms with E-state index in [-0.39, 0.29) is 5.91 Å². The van der Waals surface area contributed by atoms with Crippen LogP contribution in [-0.4, -0.2) is 16.1 Å². The third kappa shape index (κ3) is 3.20. The van der Waals surface area contributed by atoms with E-state index in [4.69, 9.17) is 0 Å². The number of carbonyl (C=O) groups is 1. The smallest absolute Gasteiger partial charge is 0.252 e. The molecule has 0 unspecified atom stereocenters. The molecule has 7 heteroatoms. The van der Waals surface area contributed by atoms with Crippen LogP contribution in [0.15, 0.2) is 53.7 Å². The second kappa shape index (κ2) is 6.33. The molecule has 1 aromatic carbocycles. The highest BCUT2D eigenvalue weighted by Gasteiger charge is 2.19. The van der Waals surface area contributed by atoms with Gasteiger partial charge in [-0.2, -0.15) is 4.73 Å². The van der Waals surface area contributed by atoms with E-state index in [1.807, 2.05) is 24.3 Å². The summed E-state index contributed by atoms with van der Waals surface area (Å²) >= 11 is 2.65. The van der Waals surface area contributed by atoms with Crippen molar-refractivity contribution < 1.29 is 9.52 Å². The summed E-state index contributed by atoms with van der Waals surface area (Å²) in [5.74, 6) is -0.173. The monoisotopic (exact) mass is 331 g/mol. The maximum Gasteiger partial charge on any atom is 0.252 e. The van der Waals surface area contributed by atoms with Crippen LogP contribution in [0.5, 0.6) is 0 Å². The molecule has 0 saturated carbocycles. The van der Waals surface area contributed by atoms with Gasteiger partial charge in [0.2, 0.25) is 5.91 Å². The summed E-state index contributed by atoms with van der Waals surface area (Å²) in [4.78, 5) is 16.6. The lowest BCUT2D eigenvalue weighted by atomic mass is 10.3. The van der Waals surface area contributed by atoms with Gasteiger partial charge in [-0.05, 0) is 36.9 Å². The number of anilines is 1. The lowest BCUT2D eigenvalue weighted by molar-refractivity contribution is -0.645. The van der Waals surface area contributed by atoms with E-state index in [0.717, 1.165) is 14.9 Å². The quantitative estimate of drug-likeness (QED) is 0.453. The van der Waals surface area contributed by atoms with Crippen molar-refractivity contribution in [3.63, 3.8) is 0 Å². The third-order valence-electron chi connectivity index (χ3n) is 2.98. The fourth-order valence-corrected chi connectivity index (χ4v) is 3.59. The summed E-state index contributed by atoms with van der Waals surface area (Å²) in [7, 11) is 0. The Morgan fingerprint density at radius 2 is 2.09 bits per heavy atom. The van der Waals surface area contributed by atoms with E-state index in [9.17, 15) is 10.0 Å². The molecule has 0 aliphatic rings. The van der Waals surface area contributed by atoms with Gasteiger partial charge in [0, 0.05) is 12.1 Å². The maximum atomic E-state index is 12.2. The number of nitrogens with one attached hydrogen (secondary N) is 1. The van der Waals surface area contributed by atoms with Gasteiger partial charge >= 0.3 is 0 Å². The fourth-order valence-electron chi connectivity index (χ4n) is 1.87.